The van der Waals surface area contributed by atoms with Crippen molar-refractivity contribution >= 4 is 21.8 Å². The number of amides is 1. The van der Waals surface area contributed by atoms with Crippen molar-refractivity contribution < 1.29 is 9.18 Å². The van der Waals surface area contributed by atoms with Crippen LogP contribution >= 0.6 is 15.9 Å². The molecule has 0 aliphatic heterocycles. The van der Waals surface area contributed by atoms with Crippen molar-refractivity contribution in [3.8, 4) is 0 Å². The monoisotopic (exact) mass is 259 g/mol. The van der Waals surface area contributed by atoms with Crippen LogP contribution in [0.4, 0.5) is 4.39 Å². The first kappa shape index (κ1) is 11.2. The number of carbonyl (C=O) groups excluding carboxylic acids is 1. The second-order valence-corrected chi connectivity index (χ2v) is 3.74. The van der Waals surface area contributed by atoms with Crippen LogP contribution in [0.5, 0.6) is 0 Å². The Bertz CT molecular complexity index is 341. The summed E-state index contributed by atoms with van der Waals surface area (Å²) < 4.78 is 13.1. The van der Waals surface area contributed by atoms with Crippen molar-refractivity contribution in [1.82, 2.24) is 5.32 Å². The molecule has 1 amide bonds. The van der Waals surface area contributed by atoms with Crippen molar-refractivity contribution in [2.45, 2.75) is 13.3 Å². The maximum atomic E-state index is 12.8. The summed E-state index contributed by atoms with van der Waals surface area (Å²) in [5, 5.41) is 2.71. The first-order chi connectivity index (χ1) is 6.65. The molecule has 1 rings (SSSR count). The SMILES string of the molecule is CCCNC(=O)c1ccc(F)c(Br)c1. The number of benzene rings is 1. The fraction of sp³-hybridized carbons (Fsp3) is 0.300. The van der Waals surface area contributed by atoms with E-state index in [2.05, 4.69) is 21.2 Å². The molecular formula is C10H11BrFNO. The van der Waals surface area contributed by atoms with Gasteiger partial charge in [0.2, 0.25) is 0 Å². The summed E-state index contributed by atoms with van der Waals surface area (Å²) in [4.78, 5) is 11.4. The summed E-state index contributed by atoms with van der Waals surface area (Å²) in [5.41, 5.74) is 0.465. The molecule has 0 saturated heterocycles. The zero-order chi connectivity index (χ0) is 10.6. The molecule has 4 heteroatoms. The molecule has 2 nitrogen and oxygen atoms in total. The molecule has 0 atom stereocenters. The Labute approximate surface area is 90.6 Å². The minimum absolute atomic E-state index is 0.174. The highest BCUT2D eigenvalue weighted by Crippen LogP contribution is 2.16. The van der Waals surface area contributed by atoms with E-state index in [1.807, 2.05) is 6.92 Å². The molecule has 0 saturated carbocycles. The van der Waals surface area contributed by atoms with Crippen LogP contribution in [0.3, 0.4) is 0 Å². The van der Waals surface area contributed by atoms with E-state index in [1.165, 1.54) is 18.2 Å². The minimum atomic E-state index is -0.364. The van der Waals surface area contributed by atoms with Crippen molar-refractivity contribution in [3.05, 3.63) is 34.1 Å². The highest BCUT2D eigenvalue weighted by atomic mass is 79.9. The molecule has 0 spiro atoms. The van der Waals surface area contributed by atoms with E-state index in [1.54, 1.807) is 0 Å². The van der Waals surface area contributed by atoms with Gasteiger partial charge < -0.3 is 5.32 Å². The van der Waals surface area contributed by atoms with Gasteiger partial charge in [0.1, 0.15) is 5.82 Å². The molecule has 0 aromatic heterocycles. The first-order valence-corrected chi connectivity index (χ1v) is 5.17. The van der Waals surface area contributed by atoms with Crippen molar-refractivity contribution in [2.24, 2.45) is 0 Å². The molecule has 1 aromatic carbocycles. The lowest BCUT2D eigenvalue weighted by Gasteiger charge is -2.03. The van der Waals surface area contributed by atoms with Gasteiger partial charge in [0.05, 0.1) is 4.47 Å². The predicted octanol–water partition coefficient (Wildman–Crippen LogP) is 2.73. The Morgan fingerprint density at radius 2 is 2.29 bits per heavy atom. The van der Waals surface area contributed by atoms with Crippen LogP contribution in [0.25, 0.3) is 0 Å². The maximum absolute atomic E-state index is 12.8. The predicted molar refractivity (Wildman–Crippen MR) is 56.7 cm³/mol. The molecule has 0 heterocycles. The number of halogens is 2. The number of rotatable bonds is 3. The highest BCUT2D eigenvalue weighted by Gasteiger charge is 2.06. The lowest BCUT2D eigenvalue weighted by Crippen LogP contribution is -2.23. The summed E-state index contributed by atoms with van der Waals surface area (Å²) in [6.07, 6.45) is 0.883. The largest absolute Gasteiger partial charge is 0.352 e. The van der Waals surface area contributed by atoms with E-state index in [4.69, 9.17) is 0 Å². The quantitative estimate of drug-likeness (QED) is 0.889. The Morgan fingerprint density at radius 1 is 1.57 bits per heavy atom. The fourth-order valence-electron chi connectivity index (χ4n) is 0.978. The van der Waals surface area contributed by atoms with E-state index in [9.17, 15) is 9.18 Å². The highest BCUT2D eigenvalue weighted by molar-refractivity contribution is 9.10. The minimum Gasteiger partial charge on any atom is -0.352 e. The lowest BCUT2D eigenvalue weighted by atomic mass is 10.2. The number of hydrogen-bond acceptors (Lipinski definition) is 1. The standard InChI is InChI=1S/C10H11BrFNO/c1-2-5-13-10(14)7-3-4-9(12)8(11)6-7/h3-4,6H,2,5H2,1H3,(H,13,14). The van der Waals surface area contributed by atoms with E-state index in [0.29, 0.717) is 16.6 Å². The zero-order valence-electron chi connectivity index (χ0n) is 7.81. The molecule has 0 aliphatic carbocycles. The van der Waals surface area contributed by atoms with E-state index < -0.39 is 0 Å². The smallest absolute Gasteiger partial charge is 0.251 e. The summed E-state index contributed by atoms with van der Waals surface area (Å²) >= 11 is 3.03. The van der Waals surface area contributed by atoms with Gasteiger partial charge in [0.15, 0.2) is 0 Å². The van der Waals surface area contributed by atoms with Crippen molar-refractivity contribution in [1.29, 1.82) is 0 Å². The van der Waals surface area contributed by atoms with E-state index in [0.717, 1.165) is 6.42 Å². The average Bonchev–Trinajstić information content (AvgIpc) is 2.18. The van der Waals surface area contributed by atoms with Gasteiger partial charge in [0, 0.05) is 12.1 Å². The zero-order valence-corrected chi connectivity index (χ0v) is 9.40. The maximum Gasteiger partial charge on any atom is 0.251 e. The van der Waals surface area contributed by atoms with E-state index in [-0.39, 0.29) is 11.7 Å². The van der Waals surface area contributed by atoms with Gasteiger partial charge in [-0.3, -0.25) is 4.79 Å². The molecule has 76 valence electrons. The first-order valence-electron chi connectivity index (χ1n) is 4.38. The third kappa shape index (κ3) is 2.80. The summed E-state index contributed by atoms with van der Waals surface area (Å²) in [6.45, 7) is 2.61. The fourth-order valence-corrected chi connectivity index (χ4v) is 1.36. The van der Waals surface area contributed by atoms with Crippen LogP contribution in [0.2, 0.25) is 0 Å². The average molecular weight is 260 g/mol. The molecule has 0 unspecified atom stereocenters. The van der Waals surface area contributed by atoms with Crippen LogP contribution in [-0.2, 0) is 0 Å². The molecule has 0 radical (unpaired) electrons. The van der Waals surface area contributed by atoms with Gasteiger partial charge in [0.25, 0.3) is 5.91 Å². The Kier molecular flexibility index (Phi) is 4.07. The molecule has 0 bridgehead atoms. The van der Waals surface area contributed by atoms with Crippen LogP contribution in [0.15, 0.2) is 22.7 Å². The molecule has 14 heavy (non-hydrogen) atoms. The van der Waals surface area contributed by atoms with Crippen molar-refractivity contribution in [3.63, 3.8) is 0 Å². The van der Waals surface area contributed by atoms with Crippen LogP contribution in [0.1, 0.15) is 23.7 Å². The number of carbonyl (C=O) groups is 1. The molecular weight excluding hydrogens is 249 g/mol. The van der Waals surface area contributed by atoms with Gasteiger partial charge in [-0.1, -0.05) is 6.92 Å². The third-order valence-electron chi connectivity index (χ3n) is 1.72. The molecule has 0 aliphatic rings. The van der Waals surface area contributed by atoms with Gasteiger partial charge in [-0.25, -0.2) is 4.39 Å². The second-order valence-electron chi connectivity index (χ2n) is 2.88. The number of nitrogens with one attached hydrogen (secondary N) is 1. The summed E-state index contributed by atoms with van der Waals surface area (Å²) in [6, 6.07) is 4.20. The number of hydrogen-bond donors (Lipinski definition) is 1. The summed E-state index contributed by atoms with van der Waals surface area (Å²) in [7, 11) is 0. The van der Waals surface area contributed by atoms with Crippen molar-refractivity contribution in [2.75, 3.05) is 6.54 Å². The van der Waals surface area contributed by atoms with Gasteiger partial charge in [-0.15, -0.1) is 0 Å². The van der Waals surface area contributed by atoms with Gasteiger partial charge >= 0.3 is 0 Å². The third-order valence-corrected chi connectivity index (χ3v) is 2.33. The normalized spacial score (nSPS) is 9.93. The van der Waals surface area contributed by atoms with Gasteiger partial charge in [-0.2, -0.15) is 0 Å². The molecule has 1 N–H and O–H groups in total. The summed E-state index contributed by atoms with van der Waals surface area (Å²) in [5.74, 6) is -0.537. The lowest BCUT2D eigenvalue weighted by molar-refractivity contribution is 0.0953. The molecule has 1 aromatic rings. The van der Waals surface area contributed by atoms with Crippen LogP contribution in [-0.4, -0.2) is 12.5 Å². The van der Waals surface area contributed by atoms with Crippen LogP contribution in [0, 0.1) is 5.82 Å². The Morgan fingerprint density at radius 3 is 2.86 bits per heavy atom. The second kappa shape index (κ2) is 5.10. The molecule has 0 fully saturated rings. The van der Waals surface area contributed by atoms with Crippen LogP contribution < -0.4 is 5.32 Å². The van der Waals surface area contributed by atoms with Gasteiger partial charge in [-0.05, 0) is 40.5 Å². The topological polar surface area (TPSA) is 29.1 Å². The Hall–Kier alpha value is -0.900. The van der Waals surface area contributed by atoms with E-state index >= 15 is 0 Å². The Balaban J connectivity index is 2.76.